The number of fused-ring (bicyclic) bond motifs is 1. The van der Waals surface area contributed by atoms with Crippen LogP contribution in [0.25, 0.3) is 11.0 Å². The van der Waals surface area contributed by atoms with E-state index in [2.05, 4.69) is 35.9 Å². The van der Waals surface area contributed by atoms with Crippen molar-refractivity contribution in [3.63, 3.8) is 0 Å². The third-order valence-corrected chi connectivity index (χ3v) is 5.97. The molecule has 1 aromatic heterocycles. The van der Waals surface area contributed by atoms with E-state index >= 15 is 0 Å². The van der Waals surface area contributed by atoms with Gasteiger partial charge in [-0.1, -0.05) is 54.6 Å². The zero-order valence-corrected chi connectivity index (χ0v) is 19.4. The van der Waals surface area contributed by atoms with E-state index in [-0.39, 0.29) is 5.91 Å². The number of benzene rings is 3. The van der Waals surface area contributed by atoms with Crippen LogP contribution >= 0.6 is 0 Å². The van der Waals surface area contributed by atoms with Crippen LogP contribution in [0, 0.1) is 13.8 Å². The molecule has 0 fully saturated rings. The van der Waals surface area contributed by atoms with E-state index in [4.69, 9.17) is 9.72 Å². The van der Waals surface area contributed by atoms with Crippen LogP contribution < -0.4 is 10.1 Å². The van der Waals surface area contributed by atoms with Gasteiger partial charge in [-0.3, -0.25) is 4.79 Å². The summed E-state index contributed by atoms with van der Waals surface area (Å²) in [5.41, 5.74) is 5.55. The van der Waals surface area contributed by atoms with Crippen LogP contribution in [-0.2, 0) is 24.2 Å². The highest BCUT2D eigenvalue weighted by molar-refractivity contribution is 5.78. The van der Waals surface area contributed by atoms with E-state index in [1.807, 2.05) is 60.7 Å². The number of imidazole rings is 1. The Bertz CT molecular complexity index is 1210. The first-order chi connectivity index (χ1) is 16.1. The topological polar surface area (TPSA) is 56.1 Å². The molecule has 3 aromatic carbocycles. The Labute approximate surface area is 195 Å². The van der Waals surface area contributed by atoms with Crippen molar-refractivity contribution in [2.45, 2.75) is 39.7 Å². The smallest absolute Gasteiger partial charge is 0.224 e. The van der Waals surface area contributed by atoms with Crippen molar-refractivity contribution < 1.29 is 9.53 Å². The van der Waals surface area contributed by atoms with Crippen molar-refractivity contribution in [2.75, 3.05) is 13.2 Å². The Morgan fingerprint density at radius 3 is 2.61 bits per heavy atom. The number of nitrogens with zero attached hydrogens (tertiary/aromatic N) is 2. The molecule has 5 nitrogen and oxygen atoms in total. The van der Waals surface area contributed by atoms with Crippen LogP contribution in [0.2, 0.25) is 0 Å². The Balaban J connectivity index is 1.34. The molecule has 0 aliphatic carbocycles. The monoisotopic (exact) mass is 441 g/mol. The Morgan fingerprint density at radius 1 is 0.970 bits per heavy atom. The summed E-state index contributed by atoms with van der Waals surface area (Å²) in [6.07, 6.45) is 2.04. The maximum absolute atomic E-state index is 12.2. The fourth-order valence-corrected chi connectivity index (χ4v) is 4.01. The summed E-state index contributed by atoms with van der Waals surface area (Å²) in [5.74, 6) is 2.01. The summed E-state index contributed by atoms with van der Waals surface area (Å²) in [7, 11) is 0. The number of hydrogen-bond acceptors (Lipinski definition) is 3. The van der Waals surface area contributed by atoms with Gasteiger partial charge in [0.25, 0.3) is 0 Å². The lowest BCUT2D eigenvalue weighted by Gasteiger charge is -2.13. The van der Waals surface area contributed by atoms with Gasteiger partial charge >= 0.3 is 0 Å². The SMILES string of the molecule is Cc1cccc(OCCn2c(CCCNC(=O)Cc3ccccc3)nc3ccccc32)c1C. The van der Waals surface area contributed by atoms with Gasteiger partial charge in [-0.15, -0.1) is 0 Å². The van der Waals surface area contributed by atoms with Crippen molar-refractivity contribution in [3.8, 4) is 5.75 Å². The lowest BCUT2D eigenvalue weighted by atomic mass is 10.1. The summed E-state index contributed by atoms with van der Waals surface area (Å²) >= 11 is 0. The zero-order valence-electron chi connectivity index (χ0n) is 19.4. The van der Waals surface area contributed by atoms with Gasteiger partial charge in [0.05, 0.1) is 24.0 Å². The number of ether oxygens (including phenoxy) is 1. The van der Waals surface area contributed by atoms with Gasteiger partial charge in [-0.2, -0.15) is 0 Å². The summed E-state index contributed by atoms with van der Waals surface area (Å²) in [5, 5.41) is 3.03. The molecule has 0 saturated heterocycles. The third-order valence-electron chi connectivity index (χ3n) is 5.97. The van der Waals surface area contributed by atoms with Crippen LogP contribution in [0.5, 0.6) is 5.75 Å². The number of rotatable bonds is 10. The van der Waals surface area contributed by atoms with Gasteiger partial charge in [-0.25, -0.2) is 4.98 Å². The van der Waals surface area contributed by atoms with E-state index in [1.54, 1.807) is 0 Å². The highest BCUT2D eigenvalue weighted by Crippen LogP contribution is 2.21. The minimum absolute atomic E-state index is 0.0524. The number of para-hydroxylation sites is 2. The Kier molecular flexibility index (Phi) is 7.40. The van der Waals surface area contributed by atoms with E-state index in [1.165, 1.54) is 11.1 Å². The minimum atomic E-state index is 0.0524. The summed E-state index contributed by atoms with van der Waals surface area (Å²) in [6, 6.07) is 24.2. The number of amides is 1. The maximum Gasteiger partial charge on any atom is 0.224 e. The second kappa shape index (κ2) is 10.8. The molecule has 4 rings (SSSR count). The molecule has 4 aromatic rings. The average molecular weight is 442 g/mol. The number of aromatic nitrogens is 2. The van der Waals surface area contributed by atoms with Gasteiger partial charge < -0.3 is 14.6 Å². The van der Waals surface area contributed by atoms with Crippen molar-refractivity contribution in [2.24, 2.45) is 0 Å². The van der Waals surface area contributed by atoms with Crippen LogP contribution in [0.1, 0.15) is 28.9 Å². The Hall–Kier alpha value is -3.60. The number of hydrogen-bond donors (Lipinski definition) is 1. The zero-order chi connectivity index (χ0) is 23.0. The molecule has 33 heavy (non-hydrogen) atoms. The van der Waals surface area contributed by atoms with Crippen LogP contribution in [-0.4, -0.2) is 28.6 Å². The van der Waals surface area contributed by atoms with Crippen molar-refractivity contribution >= 4 is 16.9 Å². The fourth-order valence-electron chi connectivity index (χ4n) is 4.01. The van der Waals surface area contributed by atoms with Gasteiger partial charge in [0.15, 0.2) is 0 Å². The first kappa shape index (κ1) is 22.6. The van der Waals surface area contributed by atoms with Gasteiger partial charge in [0.1, 0.15) is 18.2 Å². The van der Waals surface area contributed by atoms with E-state index in [9.17, 15) is 4.79 Å². The molecule has 0 atom stereocenters. The summed E-state index contributed by atoms with van der Waals surface area (Å²) in [4.78, 5) is 17.1. The first-order valence-corrected chi connectivity index (χ1v) is 11.6. The largest absolute Gasteiger partial charge is 0.491 e. The minimum Gasteiger partial charge on any atom is -0.491 e. The van der Waals surface area contributed by atoms with E-state index in [0.29, 0.717) is 19.6 Å². The predicted octanol–water partition coefficient (Wildman–Crippen LogP) is 5.02. The predicted molar refractivity (Wildman–Crippen MR) is 133 cm³/mol. The summed E-state index contributed by atoms with van der Waals surface area (Å²) in [6.45, 7) is 6.13. The molecule has 1 amide bonds. The van der Waals surface area contributed by atoms with Crippen LogP contribution in [0.15, 0.2) is 72.8 Å². The molecular formula is C28H31N3O2. The van der Waals surface area contributed by atoms with Crippen molar-refractivity contribution in [3.05, 3.63) is 95.3 Å². The Morgan fingerprint density at radius 2 is 1.76 bits per heavy atom. The lowest BCUT2D eigenvalue weighted by molar-refractivity contribution is -0.120. The van der Waals surface area contributed by atoms with Gasteiger partial charge in [-0.05, 0) is 55.2 Å². The molecule has 1 heterocycles. The molecule has 0 spiro atoms. The molecular weight excluding hydrogens is 410 g/mol. The van der Waals surface area contributed by atoms with E-state index < -0.39 is 0 Å². The molecule has 0 aliphatic rings. The van der Waals surface area contributed by atoms with Crippen LogP contribution in [0.3, 0.4) is 0 Å². The van der Waals surface area contributed by atoms with Gasteiger partial charge in [0, 0.05) is 13.0 Å². The molecule has 0 unspecified atom stereocenters. The third kappa shape index (κ3) is 5.80. The second-order valence-electron chi connectivity index (χ2n) is 8.33. The standard InChI is InChI=1S/C28H31N3O2/c1-21-10-8-15-26(22(21)2)33-19-18-31-25-14-7-6-13-24(25)30-27(31)16-9-17-29-28(32)20-23-11-4-3-5-12-23/h3-8,10-15H,9,16-20H2,1-2H3,(H,29,32). The maximum atomic E-state index is 12.2. The molecule has 5 heteroatoms. The average Bonchev–Trinajstić information content (AvgIpc) is 3.17. The number of carbonyl (C=O) groups excluding carboxylic acids is 1. The number of nitrogens with one attached hydrogen (secondary N) is 1. The van der Waals surface area contributed by atoms with Crippen molar-refractivity contribution in [1.29, 1.82) is 0 Å². The fraction of sp³-hybridized carbons (Fsp3) is 0.286. The van der Waals surface area contributed by atoms with Gasteiger partial charge in [0.2, 0.25) is 5.91 Å². The number of carbonyl (C=O) groups is 1. The molecule has 0 bridgehead atoms. The molecule has 170 valence electrons. The second-order valence-corrected chi connectivity index (χ2v) is 8.33. The van der Waals surface area contributed by atoms with Crippen LogP contribution in [0.4, 0.5) is 0 Å². The molecule has 1 N–H and O–H groups in total. The molecule has 0 radical (unpaired) electrons. The molecule has 0 aliphatic heterocycles. The molecule has 0 saturated carbocycles. The first-order valence-electron chi connectivity index (χ1n) is 11.6. The summed E-state index contributed by atoms with van der Waals surface area (Å²) < 4.78 is 8.35. The quantitative estimate of drug-likeness (QED) is 0.352. The normalized spacial score (nSPS) is 11.0. The number of aryl methyl sites for hydroxylation is 2. The highest BCUT2D eigenvalue weighted by atomic mass is 16.5. The van der Waals surface area contributed by atoms with E-state index in [0.717, 1.165) is 47.6 Å². The van der Waals surface area contributed by atoms with Crippen molar-refractivity contribution in [1.82, 2.24) is 14.9 Å². The highest BCUT2D eigenvalue weighted by Gasteiger charge is 2.11. The lowest BCUT2D eigenvalue weighted by Crippen LogP contribution is -2.26.